The molecule has 2 heterocycles. The third kappa shape index (κ3) is 4.21. The van der Waals surface area contributed by atoms with Crippen molar-refractivity contribution >= 4 is 23.5 Å². The molecule has 0 spiro atoms. The molecule has 8 nitrogen and oxygen atoms in total. The van der Waals surface area contributed by atoms with Crippen molar-refractivity contribution in [1.82, 2.24) is 10.3 Å². The van der Waals surface area contributed by atoms with Crippen LogP contribution < -0.4 is 5.43 Å². The van der Waals surface area contributed by atoms with Gasteiger partial charge in [0.15, 0.2) is 0 Å². The van der Waals surface area contributed by atoms with Gasteiger partial charge in [-0.15, -0.1) is 0 Å². The minimum Gasteiger partial charge on any atom is -0.443 e. The summed E-state index contributed by atoms with van der Waals surface area (Å²) in [6.07, 6.45) is -0.689. The molecule has 0 saturated carbocycles. The number of esters is 1. The highest BCUT2D eigenvalue weighted by Gasteiger charge is 2.32. The first-order chi connectivity index (χ1) is 12.1. The molecule has 1 aromatic carbocycles. The largest absolute Gasteiger partial charge is 0.443 e. The third-order valence-corrected chi connectivity index (χ3v) is 4.01. The Hall–Kier alpha value is -2.74. The number of nitrogens with zero attached hydrogens (tertiary/aromatic N) is 2. The maximum absolute atomic E-state index is 12.9. The highest BCUT2D eigenvalue weighted by Crippen LogP contribution is 2.22. The first-order valence-corrected chi connectivity index (χ1v) is 8.13. The zero-order valence-electron chi connectivity index (χ0n) is 13.6. The van der Waals surface area contributed by atoms with E-state index in [9.17, 15) is 14.4 Å². The molecular formula is C17H19N3O5. The molecule has 2 aliphatic heterocycles. The second kappa shape index (κ2) is 7.89. The molecule has 8 heteroatoms. The van der Waals surface area contributed by atoms with E-state index in [1.165, 1.54) is 0 Å². The summed E-state index contributed by atoms with van der Waals surface area (Å²) in [5.74, 6) is -1.24. The summed E-state index contributed by atoms with van der Waals surface area (Å²) in [6, 6.07) is 8.85. The zero-order valence-corrected chi connectivity index (χ0v) is 13.6. The monoisotopic (exact) mass is 345 g/mol. The van der Waals surface area contributed by atoms with Gasteiger partial charge in [0.2, 0.25) is 12.0 Å². The first kappa shape index (κ1) is 17.1. The van der Waals surface area contributed by atoms with Crippen LogP contribution in [0.15, 0.2) is 35.4 Å². The van der Waals surface area contributed by atoms with Crippen LogP contribution in [-0.4, -0.2) is 54.7 Å². The summed E-state index contributed by atoms with van der Waals surface area (Å²) in [4.78, 5) is 38.0. The fourth-order valence-electron chi connectivity index (χ4n) is 2.63. The van der Waals surface area contributed by atoms with E-state index in [1.54, 1.807) is 29.2 Å². The quantitative estimate of drug-likeness (QED) is 0.797. The Morgan fingerprint density at radius 1 is 1.16 bits per heavy atom. The van der Waals surface area contributed by atoms with Crippen molar-refractivity contribution in [3.05, 3.63) is 35.9 Å². The van der Waals surface area contributed by atoms with Gasteiger partial charge in [-0.05, 0) is 0 Å². The van der Waals surface area contributed by atoms with Gasteiger partial charge in [-0.1, -0.05) is 30.3 Å². The predicted molar refractivity (Wildman–Crippen MR) is 87.5 cm³/mol. The molecule has 2 aliphatic rings. The SMILES string of the molecule is O=C1CCC(C(=O)O[C@@H](C(=O)N2CCOCC2)c2ccccc2)=NN1. The van der Waals surface area contributed by atoms with E-state index in [0.29, 0.717) is 31.9 Å². The summed E-state index contributed by atoms with van der Waals surface area (Å²) >= 11 is 0. The van der Waals surface area contributed by atoms with Gasteiger partial charge in [-0.3, -0.25) is 9.59 Å². The fourth-order valence-corrected chi connectivity index (χ4v) is 2.63. The second-order valence-electron chi connectivity index (χ2n) is 5.73. The molecule has 0 radical (unpaired) electrons. The Labute approximate surface area is 144 Å². The standard InChI is InChI=1S/C17H19N3O5/c21-14-7-6-13(18-19-14)17(23)25-15(12-4-2-1-3-5-12)16(22)20-8-10-24-11-9-20/h1-5,15H,6-11H2,(H,19,21)/t15-/m1/s1. The van der Waals surface area contributed by atoms with Crippen LogP contribution in [0.25, 0.3) is 0 Å². The topological polar surface area (TPSA) is 97.3 Å². The van der Waals surface area contributed by atoms with Crippen molar-refractivity contribution in [2.45, 2.75) is 18.9 Å². The minimum atomic E-state index is -1.05. The molecule has 0 aliphatic carbocycles. The lowest BCUT2D eigenvalue weighted by Crippen LogP contribution is -2.44. The summed E-state index contributed by atoms with van der Waals surface area (Å²) in [5.41, 5.74) is 2.95. The van der Waals surface area contributed by atoms with Gasteiger partial charge >= 0.3 is 5.97 Å². The lowest BCUT2D eigenvalue weighted by atomic mass is 10.1. The maximum Gasteiger partial charge on any atom is 0.355 e. The number of nitrogens with one attached hydrogen (secondary N) is 1. The number of hydrogen-bond acceptors (Lipinski definition) is 6. The van der Waals surface area contributed by atoms with Crippen molar-refractivity contribution < 1.29 is 23.9 Å². The van der Waals surface area contributed by atoms with Crippen LogP contribution in [0, 0.1) is 0 Å². The van der Waals surface area contributed by atoms with Gasteiger partial charge in [0.25, 0.3) is 5.91 Å². The fraction of sp³-hybridized carbons (Fsp3) is 0.412. The number of rotatable bonds is 4. The van der Waals surface area contributed by atoms with Crippen LogP contribution in [0.5, 0.6) is 0 Å². The second-order valence-corrected chi connectivity index (χ2v) is 5.73. The summed E-state index contributed by atoms with van der Waals surface area (Å²) in [6.45, 7) is 1.83. The van der Waals surface area contributed by atoms with E-state index in [0.717, 1.165) is 0 Å². The third-order valence-electron chi connectivity index (χ3n) is 4.01. The maximum atomic E-state index is 12.9. The predicted octanol–water partition coefficient (Wildman–Crippen LogP) is 0.396. The molecule has 1 atom stereocenters. The van der Waals surface area contributed by atoms with Gasteiger partial charge in [-0.25, -0.2) is 10.2 Å². The summed E-state index contributed by atoms with van der Waals surface area (Å²) < 4.78 is 10.7. The molecular weight excluding hydrogens is 326 g/mol. The lowest BCUT2D eigenvalue weighted by molar-refractivity contribution is -0.158. The van der Waals surface area contributed by atoms with Crippen molar-refractivity contribution in [1.29, 1.82) is 0 Å². The Balaban J connectivity index is 1.78. The number of carbonyl (C=O) groups is 3. The Bertz CT molecular complexity index is 683. The van der Waals surface area contributed by atoms with E-state index in [4.69, 9.17) is 9.47 Å². The molecule has 0 bridgehead atoms. The highest BCUT2D eigenvalue weighted by atomic mass is 16.5. The van der Waals surface area contributed by atoms with Crippen LogP contribution in [0.1, 0.15) is 24.5 Å². The van der Waals surface area contributed by atoms with Crippen molar-refractivity contribution in [2.75, 3.05) is 26.3 Å². The van der Waals surface area contributed by atoms with E-state index >= 15 is 0 Å². The van der Waals surface area contributed by atoms with Gasteiger partial charge < -0.3 is 14.4 Å². The van der Waals surface area contributed by atoms with Crippen LogP contribution in [0.2, 0.25) is 0 Å². The van der Waals surface area contributed by atoms with Crippen LogP contribution in [0.3, 0.4) is 0 Å². The van der Waals surface area contributed by atoms with Crippen LogP contribution in [0.4, 0.5) is 0 Å². The molecule has 25 heavy (non-hydrogen) atoms. The summed E-state index contributed by atoms with van der Waals surface area (Å²) in [7, 11) is 0. The molecule has 3 rings (SSSR count). The van der Waals surface area contributed by atoms with E-state index in [-0.39, 0.29) is 30.4 Å². The molecule has 1 saturated heterocycles. The average molecular weight is 345 g/mol. The summed E-state index contributed by atoms with van der Waals surface area (Å²) in [5, 5.41) is 3.73. The van der Waals surface area contributed by atoms with E-state index in [1.807, 2.05) is 6.07 Å². The van der Waals surface area contributed by atoms with E-state index in [2.05, 4.69) is 10.5 Å². The normalized spacial score (nSPS) is 18.8. The van der Waals surface area contributed by atoms with Crippen molar-refractivity contribution in [3.8, 4) is 0 Å². The molecule has 132 valence electrons. The molecule has 0 unspecified atom stereocenters. The average Bonchev–Trinajstić information content (AvgIpc) is 2.67. The number of amides is 2. The number of carbonyl (C=O) groups excluding carboxylic acids is 3. The van der Waals surface area contributed by atoms with Crippen molar-refractivity contribution in [2.24, 2.45) is 5.10 Å². The Morgan fingerprint density at radius 2 is 1.88 bits per heavy atom. The first-order valence-electron chi connectivity index (χ1n) is 8.13. The Morgan fingerprint density at radius 3 is 2.52 bits per heavy atom. The molecule has 1 fully saturated rings. The minimum absolute atomic E-state index is 0.107. The van der Waals surface area contributed by atoms with Gasteiger partial charge in [0.1, 0.15) is 5.71 Å². The van der Waals surface area contributed by atoms with Crippen molar-refractivity contribution in [3.63, 3.8) is 0 Å². The van der Waals surface area contributed by atoms with Crippen LogP contribution >= 0.6 is 0 Å². The number of hydrogen-bond donors (Lipinski definition) is 1. The molecule has 1 N–H and O–H groups in total. The highest BCUT2D eigenvalue weighted by molar-refractivity contribution is 6.37. The van der Waals surface area contributed by atoms with Gasteiger partial charge in [0, 0.05) is 31.5 Å². The number of hydrazone groups is 1. The zero-order chi connectivity index (χ0) is 17.6. The Kier molecular flexibility index (Phi) is 5.39. The number of ether oxygens (including phenoxy) is 2. The lowest BCUT2D eigenvalue weighted by Gasteiger charge is -2.30. The number of benzene rings is 1. The van der Waals surface area contributed by atoms with Gasteiger partial charge in [-0.2, -0.15) is 5.10 Å². The van der Waals surface area contributed by atoms with Crippen LogP contribution in [-0.2, 0) is 23.9 Å². The number of morpholine rings is 1. The van der Waals surface area contributed by atoms with Gasteiger partial charge in [0.05, 0.1) is 13.2 Å². The smallest absolute Gasteiger partial charge is 0.355 e. The molecule has 0 aromatic heterocycles. The molecule has 2 amide bonds. The van der Waals surface area contributed by atoms with E-state index < -0.39 is 12.1 Å². The molecule has 1 aromatic rings.